The predicted octanol–water partition coefficient (Wildman–Crippen LogP) is 8.82. The van der Waals surface area contributed by atoms with Gasteiger partial charge in [-0.15, -0.1) is 0 Å². The van der Waals surface area contributed by atoms with Gasteiger partial charge in [-0.25, -0.2) is 0 Å². The zero-order valence-corrected chi connectivity index (χ0v) is 26.3. The number of amides is 1. The monoisotopic (exact) mass is 633 g/mol. The number of fused-ring (bicyclic) bond motifs is 2. The van der Waals surface area contributed by atoms with Gasteiger partial charge in [0.2, 0.25) is 5.91 Å². The van der Waals surface area contributed by atoms with Gasteiger partial charge < -0.3 is 15.1 Å². The van der Waals surface area contributed by atoms with Crippen molar-refractivity contribution in [1.82, 2.24) is 4.90 Å². The topological polar surface area (TPSA) is 94.9 Å². The van der Waals surface area contributed by atoms with Gasteiger partial charge in [-0.3, -0.25) is 14.4 Å². The van der Waals surface area contributed by atoms with Crippen LogP contribution in [-0.2, 0) is 20.9 Å². The molecule has 0 aliphatic carbocycles. The fraction of sp³-hybridized carbons (Fsp3) is 0.205. The van der Waals surface area contributed by atoms with Crippen LogP contribution in [0, 0.1) is 5.92 Å². The van der Waals surface area contributed by atoms with Crippen molar-refractivity contribution in [2.75, 3.05) is 0 Å². The first-order valence-corrected chi connectivity index (χ1v) is 15.7. The number of benzene rings is 5. The molecule has 0 saturated heterocycles. The number of hydrogen-bond acceptors (Lipinski definition) is 3. The third kappa shape index (κ3) is 8.01. The molecule has 5 rings (SSSR count). The molecule has 7 heteroatoms. The first-order valence-electron chi connectivity index (χ1n) is 15.3. The Morgan fingerprint density at radius 1 is 0.783 bits per heavy atom. The van der Waals surface area contributed by atoms with Gasteiger partial charge in [0.1, 0.15) is 0 Å². The summed E-state index contributed by atoms with van der Waals surface area (Å²) in [6, 6.07) is 35.5. The summed E-state index contributed by atoms with van der Waals surface area (Å²) < 4.78 is 0. The lowest BCUT2D eigenvalue weighted by atomic mass is 9.87. The van der Waals surface area contributed by atoms with Gasteiger partial charge in [0.15, 0.2) is 0 Å². The lowest BCUT2D eigenvalue weighted by Crippen LogP contribution is -2.43. The smallest absolute Gasteiger partial charge is 0.307 e. The first kappa shape index (κ1) is 32.5. The molecule has 2 N–H and O–H groups in total. The number of nitrogens with zero attached hydrogens (tertiary/aromatic N) is 1. The normalized spacial score (nSPS) is 13.4. The van der Waals surface area contributed by atoms with Crippen LogP contribution in [0.5, 0.6) is 0 Å². The van der Waals surface area contributed by atoms with Crippen molar-refractivity contribution in [3.05, 3.63) is 137 Å². The van der Waals surface area contributed by atoms with E-state index in [-0.39, 0.29) is 18.5 Å². The molecule has 1 amide bonds. The number of hydrogen-bond donors (Lipinski definition) is 2. The van der Waals surface area contributed by atoms with Crippen molar-refractivity contribution in [3.63, 3.8) is 0 Å². The fourth-order valence-corrected chi connectivity index (χ4v) is 6.18. The second kappa shape index (κ2) is 14.9. The fourth-order valence-electron chi connectivity index (χ4n) is 6.05. The SMILES string of the molecule is CC(C(C/C=C/c1cccc2ccccc12)c1ccc(Cl)cc1)N(Cc1ccc2ccccc2c1)C(=O)CC(CC(=O)O)C(=O)O. The Bertz CT molecular complexity index is 1880. The lowest BCUT2D eigenvalue weighted by Gasteiger charge is -2.36. The van der Waals surface area contributed by atoms with Crippen molar-refractivity contribution >= 4 is 57.1 Å². The average molecular weight is 634 g/mol. The van der Waals surface area contributed by atoms with E-state index in [4.69, 9.17) is 11.6 Å². The van der Waals surface area contributed by atoms with E-state index in [1.807, 2.05) is 91.9 Å². The maximum atomic E-state index is 14.0. The Balaban J connectivity index is 1.50. The highest BCUT2D eigenvalue weighted by Crippen LogP contribution is 2.32. The molecule has 5 aromatic carbocycles. The Kier molecular flexibility index (Phi) is 10.5. The van der Waals surface area contributed by atoms with Crippen molar-refractivity contribution < 1.29 is 24.6 Å². The van der Waals surface area contributed by atoms with Crippen LogP contribution in [0.1, 0.15) is 48.8 Å². The summed E-state index contributed by atoms with van der Waals surface area (Å²) in [5.41, 5.74) is 2.96. The summed E-state index contributed by atoms with van der Waals surface area (Å²) in [5, 5.41) is 24.1. The number of carbonyl (C=O) groups is 3. The maximum absolute atomic E-state index is 14.0. The molecule has 234 valence electrons. The number of carboxylic acid groups (broad SMARTS) is 2. The molecule has 0 aliphatic rings. The van der Waals surface area contributed by atoms with Crippen molar-refractivity contribution in [2.45, 2.75) is 44.7 Å². The third-order valence-corrected chi connectivity index (χ3v) is 8.81. The van der Waals surface area contributed by atoms with E-state index in [0.717, 1.165) is 38.2 Å². The van der Waals surface area contributed by atoms with E-state index in [2.05, 4.69) is 36.4 Å². The molecule has 0 aliphatic heterocycles. The molecule has 0 radical (unpaired) electrons. The summed E-state index contributed by atoms with van der Waals surface area (Å²) in [6.07, 6.45) is 3.75. The Morgan fingerprint density at radius 2 is 1.46 bits per heavy atom. The molecule has 0 saturated carbocycles. The second-order valence-electron chi connectivity index (χ2n) is 11.6. The van der Waals surface area contributed by atoms with Crippen LogP contribution in [0.25, 0.3) is 27.6 Å². The van der Waals surface area contributed by atoms with Gasteiger partial charge in [0, 0.05) is 29.9 Å². The zero-order valence-electron chi connectivity index (χ0n) is 25.6. The Labute approximate surface area is 273 Å². The maximum Gasteiger partial charge on any atom is 0.307 e. The molecule has 3 unspecified atom stereocenters. The van der Waals surface area contributed by atoms with Crippen LogP contribution in [0.3, 0.4) is 0 Å². The summed E-state index contributed by atoms with van der Waals surface area (Å²) in [7, 11) is 0. The van der Waals surface area contributed by atoms with Gasteiger partial charge in [0.25, 0.3) is 0 Å². The molecule has 46 heavy (non-hydrogen) atoms. The van der Waals surface area contributed by atoms with Crippen LogP contribution >= 0.6 is 11.6 Å². The van der Waals surface area contributed by atoms with E-state index in [0.29, 0.717) is 11.4 Å². The van der Waals surface area contributed by atoms with E-state index < -0.39 is 36.6 Å². The zero-order chi connectivity index (χ0) is 32.6. The molecule has 3 atom stereocenters. The molecule has 0 aromatic heterocycles. The number of allylic oxidation sites excluding steroid dienone is 1. The predicted molar refractivity (Wildman–Crippen MR) is 184 cm³/mol. The average Bonchev–Trinajstić information content (AvgIpc) is 3.05. The number of halogens is 1. The third-order valence-electron chi connectivity index (χ3n) is 8.56. The summed E-state index contributed by atoms with van der Waals surface area (Å²) in [4.78, 5) is 39.1. The molecule has 0 bridgehead atoms. The standard InChI is InChI=1S/C39H36ClNO5/c1-26(35(31-18-20-34(40)21-19-31)15-7-13-30-12-6-11-29-9-4-5-14-36(29)30)41(37(42)23-33(39(45)46)24-38(43)44)25-27-16-17-28-8-2-3-10-32(28)22-27/h2-14,16-22,26,33,35H,15,23-25H2,1H3,(H,43,44)(H,45,46)/b13-7+. The Morgan fingerprint density at radius 3 is 2.17 bits per heavy atom. The highest BCUT2D eigenvalue weighted by atomic mass is 35.5. The van der Waals surface area contributed by atoms with Gasteiger partial charge in [0.05, 0.1) is 12.3 Å². The highest BCUT2D eigenvalue weighted by Gasteiger charge is 2.32. The first-order chi connectivity index (χ1) is 22.2. The summed E-state index contributed by atoms with van der Waals surface area (Å²) in [5.74, 6) is -4.48. The van der Waals surface area contributed by atoms with Crippen LogP contribution in [-0.4, -0.2) is 39.0 Å². The van der Waals surface area contributed by atoms with Crippen LogP contribution in [0.4, 0.5) is 0 Å². The van der Waals surface area contributed by atoms with E-state index in [1.165, 1.54) is 0 Å². The Hall–Kier alpha value is -4.94. The van der Waals surface area contributed by atoms with E-state index in [9.17, 15) is 24.6 Å². The van der Waals surface area contributed by atoms with Crippen LogP contribution < -0.4 is 0 Å². The van der Waals surface area contributed by atoms with Gasteiger partial charge in [-0.2, -0.15) is 0 Å². The molecular formula is C39H36ClNO5. The van der Waals surface area contributed by atoms with Gasteiger partial charge in [-0.05, 0) is 69.8 Å². The van der Waals surface area contributed by atoms with Crippen molar-refractivity contribution in [1.29, 1.82) is 0 Å². The van der Waals surface area contributed by atoms with Crippen molar-refractivity contribution in [2.24, 2.45) is 5.92 Å². The van der Waals surface area contributed by atoms with E-state index in [1.54, 1.807) is 4.90 Å². The largest absolute Gasteiger partial charge is 0.481 e. The quantitative estimate of drug-likeness (QED) is 0.135. The van der Waals surface area contributed by atoms with Crippen LogP contribution in [0.2, 0.25) is 5.02 Å². The van der Waals surface area contributed by atoms with E-state index >= 15 is 0 Å². The van der Waals surface area contributed by atoms with Gasteiger partial charge in [-0.1, -0.05) is 115 Å². The minimum Gasteiger partial charge on any atom is -0.481 e. The number of carboxylic acids is 2. The minimum absolute atomic E-state index is 0.171. The molecule has 0 spiro atoms. The van der Waals surface area contributed by atoms with Crippen LogP contribution in [0.15, 0.2) is 115 Å². The van der Waals surface area contributed by atoms with Crippen molar-refractivity contribution in [3.8, 4) is 0 Å². The molecular weight excluding hydrogens is 598 g/mol. The lowest BCUT2D eigenvalue weighted by molar-refractivity contribution is -0.151. The minimum atomic E-state index is -1.34. The molecule has 5 aromatic rings. The number of aliphatic carboxylic acids is 2. The molecule has 6 nitrogen and oxygen atoms in total. The summed E-state index contributed by atoms with van der Waals surface area (Å²) in [6.45, 7) is 2.21. The molecule has 0 heterocycles. The summed E-state index contributed by atoms with van der Waals surface area (Å²) >= 11 is 6.25. The highest BCUT2D eigenvalue weighted by molar-refractivity contribution is 6.30. The van der Waals surface area contributed by atoms with Gasteiger partial charge >= 0.3 is 11.9 Å². The number of carbonyl (C=O) groups excluding carboxylic acids is 1. The second-order valence-corrected chi connectivity index (χ2v) is 12.1. The molecule has 0 fully saturated rings. The number of rotatable bonds is 13.